The lowest BCUT2D eigenvalue weighted by Gasteiger charge is -2.15. The Morgan fingerprint density at radius 2 is 1.71 bits per heavy atom. The van der Waals surface area contributed by atoms with E-state index in [0.717, 1.165) is 0 Å². The number of ether oxygens (including phenoxy) is 2. The zero-order valence-electron chi connectivity index (χ0n) is 11.1. The fraction of sp³-hybridized carbons (Fsp3) is 0.200. The van der Waals surface area contributed by atoms with Crippen molar-refractivity contribution in [3.63, 3.8) is 0 Å². The number of hydrogen-bond acceptors (Lipinski definition) is 3. The van der Waals surface area contributed by atoms with Crippen molar-refractivity contribution in [3.05, 3.63) is 59.4 Å². The van der Waals surface area contributed by atoms with Crippen molar-refractivity contribution < 1.29 is 27.8 Å². The molecule has 21 heavy (non-hydrogen) atoms. The summed E-state index contributed by atoms with van der Waals surface area (Å²) in [6, 6.07) is 9.53. The summed E-state index contributed by atoms with van der Waals surface area (Å²) in [6.45, 7) is -3.01. The summed E-state index contributed by atoms with van der Waals surface area (Å²) < 4.78 is 47.1. The zero-order chi connectivity index (χ0) is 15.4. The van der Waals surface area contributed by atoms with E-state index in [1.54, 1.807) is 0 Å². The van der Waals surface area contributed by atoms with Gasteiger partial charge in [-0.05, 0) is 35.4 Å². The van der Waals surface area contributed by atoms with Gasteiger partial charge in [0.1, 0.15) is 11.9 Å². The average molecular weight is 298 g/mol. The largest absolute Gasteiger partial charge is 0.493 e. The minimum absolute atomic E-state index is 0.116. The molecule has 2 rings (SSSR count). The lowest BCUT2D eigenvalue weighted by atomic mass is 10.0. The second kappa shape index (κ2) is 6.49. The molecule has 2 aromatic rings. The molecule has 0 saturated heterocycles. The number of benzene rings is 2. The van der Waals surface area contributed by atoms with Crippen LogP contribution in [0.3, 0.4) is 0 Å². The number of hydrogen-bond donors (Lipinski definition) is 1. The molecule has 0 aliphatic carbocycles. The van der Waals surface area contributed by atoms with Crippen molar-refractivity contribution in [1.29, 1.82) is 0 Å². The van der Waals surface area contributed by atoms with E-state index in [9.17, 15) is 18.3 Å². The first kappa shape index (κ1) is 15.2. The van der Waals surface area contributed by atoms with Gasteiger partial charge in [-0.1, -0.05) is 18.2 Å². The van der Waals surface area contributed by atoms with E-state index in [0.29, 0.717) is 5.56 Å². The summed E-state index contributed by atoms with van der Waals surface area (Å²) >= 11 is 0. The van der Waals surface area contributed by atoms with Gasteiger partial charge in [0, 0.05) is 0 Å². The molecule has 0 bridgehead atoms. The predicted molar refractivity (Wildman–Crippen MR) is 70.1 cm³/mol. The first-order valence-electron chi connectivity index (χ1n) is 6.07. The molecule has 0 saturated carbocycles. The minimum Gasteiger partial charge on any atom is -0.493 e. The van der Waals surface area contributed by atoms with E-state index in [-0.39, 0.29) is 17.1 Å². The molecule has 0 radical (unpaired) electrons. The van der Waals surface area contributed by atoms with E-state index in [4.69, 9.17) is 4.74 Å². The van der Waals surface area contributed by atoms with Gasteiger partial charge >= 0.3 is 6.61 Å². The molecule has 0 heterocycles. The van der Waals surface area contributed by atoms with Crippen LogP contribution < -0.4 is 9.47 Å². The maximum Gasteiger partial charge on any atom is 0.387 e. The third-order valence-corrected chi connectivity index (χ3v) is 2.88. The molecule has 0 spiro atoms. The Morgan fingerprint density at radius 1 is 1.00 bits per heavy atom. The Balaban J connectivity index is 2.35. The highest BCUT2D eigenvalue weighted by atomic mass is 19.3. The molecule has 0 aliphatic heterocycles. The normalized spacial score (nSPS) is 12.3. The third-order valence-electron chi connectivity index (χ3n) is 2.88. The molecule has 1 unspecified atom stereocenters. The molecule has 0 aliphatic rings. The molecule has 112 valence electrons. The van der Waals surface area contributed by atoms with Crippen LogP contribution in [0.2, 0.25) is 0 Å². The highest BCUT2D eigenvalue weighted by Crippen LogP contribution is 2.33. The van der Waals surface area contributed by atoms with Gasteiger partial charge in [0.2, 0.25) is 0 Å². The van der Waals surface area contributed by atoms with E-state index in [2.05, 4.69) is 4.74 Å². The van der Waals surface area contributed by atoms with Gasteiger partial charge in [-0.3, -0.25) is 0 Å². The smallest absolute Gasteiger partial charge is 0.387 e. The van der Waals surface area contributed by atoms with Crippen LogP contribution in [0.4, 0.5) is 13.2 Å². The Labute approximate surface area is 119 Å². The van der Waals surface area contributed by atoms with Gasteiger partial charge in [0.25, 0.3) is 0 Å². The van der Waals surface area contributed by atoms with Crippen LogP contribution in [0.25, 0.3) is 0 Å². The first-order chi connectivity index (χ1) is 10.0. The van der Waals surface area contributed by atoms with Crippen LogP contribution in [0.5, 0.6) is 11.5 Å². The first-order valence-corrected chi connectivity index (χ1v) is 6.07. The molecule has 0 amide bonds. The zero-order valence-corrected chi connectivity index (χ0v) is 11.1. The summed E-state index contributed by atoms with van der Waals surface area (Å²) in [7, 11) is 1.32. The summed E-state index contributed by atoms with van der Waals surface area (Å²) in [5.74, 6) is -0.574. The Hall–Kier alpha value is -2.21. The molecule has 1 N–H and O–H groups in total. The molecule has 3 nitrogen and oxygen atoms in total. The van der Waals surface area contributed by atoms with Crippen LogP contribution in [0, 0.1) is 5.82 Å². The van der Waals surface area contributed by atoms with Crippen LogP contribution in [-0.2, 0) is 0 Å². The van der Waals surface area contributed by atoms with Crippen molar-refractivity contribution >= 4 is 0 Å². The lowest BCUT2D eigenvalue weighted by molar-refractivity contribution is -0.0513. The van der Waals surface area contributed by atoms with E-state index >= 15 is 0 Å². The lowest BCUT2D eigenvalue weighted by Crippen LogP contribution is -2.06. The number of rotatable bonds is 5. The summed E-state index contributed by atoms with van der Waals surface area (Å²) in [5.41, 5.74) is 0.597. The second-order valence-electron chi connectivity index (χ2n) is 4.25. The van der Waals surface area contributed by atoms with Gasteiger partial charge in [-0.25, -0.2) is 4.39 Å². The van der Waals surface area contributed by atoms with Crippen molar-refractivity contribution in [2.24, 2.45) is 0 Å². The van der Waals surface area contributed by atoms with Crippen molar-refractivity contribution in [3.8, 4) is 11.5 Å². The fourth-order valence-corrected chi connectivity index (χ4v) is 1.92. The fourth-order valence-electron chi connectivity index (χ4n) is 1.92. The van der Waals surface area contributed by atoms with Crippen molar-refractivity contribution in [2.45, 2.75) is 12.7 Å². The quantitative estimate of drug-likeness (QED) is 0.918. The SMILES string of the molecule is COc1ccc(C(O)c2cccc(F)c2)cc1OC(F)F. The third kappa shape index (κ3) is 3.66. The van der Waals surface area contributed by atoms with E-state index in [1.807, 2.05) is 0 Å². The monoisotopic (exact) mass is 298 g/mol. The number of aliphatic hydroxyl groups excluding tert-OH is 1. The summed E-state index contributed by atoms with van der Waals surface area (Å²) in [6.07, 6.45) is -1.16. The number of alkyl halides is 2. The van der Waals surface area contributed by atoms with Gasteiger partial charge in [-0.2, -0.15) is 8.78 Å². The van der Waals surface area contributed by atoms with Crippen molar-refractivity contribution in [2.75, 3.05) is 7.11 Å². The maximum absolute atomic E-state index is 13.2. The molecule has 6 heteroatoms. The highest BCUT2D eigenvalue weighted by molar-refractivity contribution is 5.45. The molecular weight excluding hydrogens is 285 g/mol. The van der Waals surface area contributed by atoms with E-state index in [1.165, 1.54) is 49.6 Å². The second-order valence-corrected chi connectivity index (χ2v) is 4.25. The van der Waals surface area contributed by atoms with Crippen LogP contribution in [0.15, 0.2) is 42.5 Å². The highest BCUT2D eigenvalue weighted by Gasteiger charge is 2.16. The molecule has 0 aromatic heterocycles. The van der Waals surface area contributed by atoms with Crippen molar-refractivity contribution in [1.82, 2.24) is 0 Å². The van der Waals surface area contributed by atoms with Gasteiger partial charge in [0.15, 0.2) is 11.5 Å². The number of halogens is 3. The summed E-state index contributed by atoms with van der Waals surface area (Å²) in [5, 5.41) is 10.2. The Morgan fingerprint density at radius 3 is 2.33 bits per heavy atom. The van der Waals surface area contributed by atoms with Crippen LogP contribution in [0.1, 0.15) is 17.2 Å². The predicted octanol–water partition coefficient (Wildman–Crippen LogP) is 3.52. The Kier molecular flexibility index (Phi) is 4.70. The van der Waals surface area contributed by atoms with Gasteiger partial charge in [0.05, 0.1) is 7.11 Å². The average Bonchev–Trinajstić information content (AvgIpc) is 2.46. The van der Waals surface area contributed by atoms with Crippen LogP contribution >= 0.6 is 0 Å². The topological polar surface area (TPSA) is 38.7 Å². The standard InChI is InChI=1S/C15H13F3O3/c1-20-12-6-5-10(8-13(12)21-15(17)18)14(19)9-3-2-4-11(16)7-9/h2-8,14-15,19H,1H3. The molecule has 2 aromatic carbocycles. The Bertz CT molecular complexity index is 617. The summed E-state index contributed by atoms with van der Waals surface area (Å²) in [4.78, 5) is 0. The minimum atomic E-state index is -3.01. The van der Waals surface area contributed by atoms with E-state index < -0.39 is 18.5 Å². The van der Waals surface area contributed by atoms with Crippen LogP contribution in [-0.4, -0.2) is 18.8 Å². The molecule has 1 atom stereocenters. The van der Waals surface area contributed by atoms with Gasteiger partial charge in [-0.15, -0.1) is 0 Å². The van der Waals surface area contributed by atoms with Gasteiger partial charge < -0.3 is 14.6 Å². The number of methoxy groups -OCH3 is 1. The molecular formula is C15H13F3O3. The maximum atomic E-state index is 13.2. The molecule has 0 fully saturated rings. The number of aliphatic hydroxyl groups is 1.